The molecule has 0 bridgehead atoms. The normalized spacial score (nSPS) is 24.1. The number of fused-ring (bicyclic) bond motifs is 1. The molecule has 1 N–H and O–H groups in total. The quantitative estimate of drug-likeness (QED) is 0.516. The van der Waals surface area contributed by atoms with Gasteiger partial charge in [-0.2, -0.15) is 0 Å². The van der Waals surface area contributed by atoms with E-state index in [1.165, 1.54) is 38.0 Å². The van der Waals surface area contributed by atoms with Gasteiger partial charge in [-0.15, -0.1) is 0 Å². The fraction of sp³-hybridized carbons (Fsp3) is 0.500. The minimum atomic E-state index is -1.08. The fourth-order valence-corrected chi connectivity index (χ4v) is 2.97. The monoisotopic (exact) mass is 394 g/mol. The number of aromatic nitrogens is 4. The van der Waals surface area contributed by atoms with Gasteiger partial charge in [0, 0.05) is 20.8 Å². The Hall–Kier alpha value is -3.28. The Balaban J connectivity index is 2.02. The minimum absolute atomic E-state index is 0.0557. The van der Waals surface area contributed by atoms with Crippen molar-refractivity contribution in [2.75, 3.05) is 6.61 Å². The summed E-state index contributed by atoms with van der Waals surface area (Å²) < 4.78 is 22.8. The summed E-state index contributed by atoms with van der Waals surface area (Å²) in [6.07, 6.45) is -1.58. The van der Waals surface area contributed by atoms with Crippen LogP contribution in [-0.2, 0) is 33.3 Å². The number of imidazole rings is 1. The number of nitrogens with zero attached hydrogens (tertiary/aromatic N) is 3. The van der Waals surface area contributed by atoms with Gasteiger partial charge in [-0.05, 0) is 0 Å². The van der Waals surface area contributed by atoms with E-state index in [1.807, 2.05) is 0 Å². The molecule has 12 nitrogen and oxygen atoms in total. The van der Waals surface area contributed by atoms with E-state index in [1.54, 1.807) is 0 Å². The number of H-pyrrole nitrogens is 1. The second kappa shape index (κ2) is 7.76. The second-order valence-corrected chi connectivity index (χ2v) is 6.07. The van der Waals surface area contributed by atoms with Crippen LogP contribution in [0.4, 0.5) is 0 Å². The van der Waals surface area contributed by atoms with Gasteiger partial charge < -0.3 is 23.9 Å². The number of esters is 3. The van der Waals surface area contributed by atoms with Crippen molar-refractivity contribution < 1.29 is 33.3 Å². The standard InChI is InChI=1S/C16H18N4O8/c1-7(21)25-4-10-12(26-8(2)22)13(27-9(3)23)16(28-10)20-6-19-11-14(20)17-5-18-15(11)24/h5-6,10,12-13,16H,4H2,1-3H3,(H,17,18,24)/t10-,12+,13-,16-/m0/s1. The highest BCUT2D eigenvalue weighted by atomic mass is 16.7. The first-order valence-corrected chi connectivity index (χ1v) is 8.31. The first kappa shape index (κ1) is 19.5. The number of carbonyl (C=O) groups excluding carboxylic acids is 3. The second-order valence-electron chi connectivity index (χ2n) is 6.07. The number of aromatic amines is 1. The Morgan fingerprint density at radius 2 is 1.79 bits per heavy atom. The molecular weight excluding hydrogens is 376 g/mol. The maximum Gasteiger partial charge on any atom is 0.303 e. The molecule has 150 valence electrons. The van der Waals surface area contributed by atoms with E-state index in [-0.39, 0.29) is 17.8 Å². The summed E-state index contributed by atoms with van der Waals surface area (Å²) in [7, 11) is 0. The van der Waals surface area contributed by atoms with Gasteiger partial charge >= 0.3 is 17.9 Å². The highest BCUT2D eigenvalue weighted by Crippen LogP contribution is 2.35. The van der Waals surface area contributed by atoms with Gasteiger partial charge in [-0.1, -0.05) is 0 Å². The van der Waals surface area contributed by atoms with Gasteiger partial charge in [0.1, 0.15) is 12.7 Å². The van der Waals surface area contributed by atoms with Crippen LogP contribution in [0.3, 0.4) is 0 Å². The first-order valence-electron chi connectivity index (χ1n) is 8.31. The van der Waals surface area contributed by atoms with E-state index in [2.05, 4.69) is 15.0 Å². The van der Waals surface area contributed by atoms with Crippen molar-refractivity contribution in [2.45, 2.75) is 45.3 Å². The Morgan fingerprint density at radius 3 is 2.43 bits per heavy atom. The molecule has 0 radical (unpaired) electrons. The van der Waals surface area contributed by atoms with Crippen molar-refractivity contribution in [3.63, 3.8) is 0 Å². The third kappa shape index (κ3) is 3.86. The molecule has 1 aliphatic heterocycles. The van der Waals surface area contributed by atoms with Gasteiger partial charge in [0.05, 0.1) is 12.7 Å². The summed E-state index contributed by atoms with van der Waals surface area (Å²) in [6.45, 7) is 3.36. The average Bonchev–Trinajstić information content (AvgIpc) is 3.16. The van der Waals surface area contributed by atoms with Crippen LogP contribution < -0.4 is 5.56 Å². The summed E-state index contributed by atoms with van der Waals surface area (Å²) in [5.74, 6) is -1.83. The summed E-state index contributed by atoms with van der Waals surface area (Å²) >= 11 is 0. The SMILES string of the molecule is CC(=O)OC[C@@H]1O[C@H](n2cnc3c(=O)[nH]cnc32)[C@@H](OC(C)=O)[C@@H]1OC(C)=O. The molecule has 0 unspecified atom stereocenters. The molecule has 0 aromatic carbocycles. The van der Waals surface area contributed by atoms with E-state index in [0.29, 0.717) is 0 Å². The lowest BCUT2D eigenvalue weighted by Gasteiger charge is -2.23. The highest BCUT2D eigenvalue weighted by molar-refractivity contribution is 5.70. The van der Waals surface area contributed by atoms with Crippen molar-refractivity contribution in [3.8, 4) is 0 Å². The van der Waals surface area contributed by atoms with Crippen molar-refractivity contribution in [1.29, 1.82) is 0 Å². The largest absolute Gasteiger partial charge is 0.463 e. The number of nitrogens with one attached hydrogen (secondary N) is 1. The first-order chi connectivity index (χ1) is 13.3. The van der Waals surface area contributed by atoms with Crippen LogP contribution >= 0.6 is 0 Å². The number of hydrogen-bond acceptors (Lipinski definition) is 10. The van der Waals surface area contributed by atoms with Crippen LogP contribution in [-0.4, -0.2) is 62.3 Å². The molecule has 1 fully saturated rings. The summed E-state index contributed by atoms with van der Waals surface area (Å²) in [4.78, 5) is 56.8. The Labute approximate surface area is 157 Å². The van der Waals surface area contributed by atoms with Gasteiger partial charge in [0.2, 0.25) is 0 Å². The molecule has 0 aliphatic carbocycles. The van der Waals surface area contributed by atoms with Crippen LogP contribution in [0, 0.1) is 0 Å². The fourth-order valence-electron chi connectivity index (χ4n) is 2.97. The summed E-state index contributed by atoms with van der Waals surface area (Å²) in [5, 5.41) is 0. The molecule has 0 amide bonds. The van der Waals surface area contributed by atoms with Crippen molar-refractivity contribution in [2.24, 2.45) is 0 Å². The molecule has 0 saturated carbocycles. The van der Waals surface area contributed by atoms with Gasteiger partial charge in [-0.3, -0.25) is 23.7 Å². The maximum absolute atomic E-state index is 11.9. The molecule has 0 spiro atoms. The predicted octanol–water partition coefficient (Wildman–Crippen LogP) is -0.556. The molecule has 1 saturated heterocycles. The Morgan fingerprint density at radius 1 is 1.11 bits per heavy atom. The lowest BCUT2D eigenvalue weighted by atomic mass is 10.1. The zero-order chi connectivity index (χ0) is 20.4. The Bertz CT molecular complexity index is 967. The van der Waals surface area contributed by atoms with Crippen molar-refractivity contribution >= 4 is 29.1 Å². The number of carbonyl (C=O) groups is 3. The lowest BCUT2D eigenvalue weighted by molar-refractivity contribution is -0.166. The molecule has 2 aromatic rings. The van der Waals surface area contributed by atoms with Crippen molar-refractivity contribution in [1.82, 2.24) is 19.5 Å². The molecule has 3 heterocycles. The zero-order valence-electron chi connectivity index (χ0n) is 15.3. The topological polar surface area (TPSA) is 152 Å². The van der Waals surface area contributed by atoms with Gasteiger partial charge in [-0.25, -0.2) is 9.97 Å². The minimum Gasteiger partial charge on any atom is -0.463 e. The molecule has 1 aliphatic rings. The zero-order valence-corrected chi connectivity index (χ0v) is 15.3. The molecular formula is C16H18N4O8. The summed E-state index contributed by atoms with van der Waals surface area (Å²) in [6, 6.07) is 0. The molecule has 12 heteroatoms. The van der Waals surface area contributed by atoms with Crippen LogP contribution in [0.15, 0.2) is 17.4 Å². The smallest absolute Gasteiger partial charge is 0.303 e. The van der Waals surface area contributed by atoms with E-state index in [4.69, 9.17) is 18.9 Å². The molecule has 3 rings (SSSR count). The number of rotatable bonds is 5. The van der Waals surface area contributed by atoms with E-state index >= 15 is 0 Å². The number of hydrogen-bond donors (Lipinski definition) is 1. The van der Waals surface area contributed by atoms with E-state index in [9.17, 15) is 19.2 Å². The van der Waals surface area contributed by atoms with Crippen LogP contribution in [0.2, 0.25) is 0 Å². The maximum atomic E-state index is 11.9. The average molecular weight is 394 g/mol. The van der Waals surface area contributed by atoms with Gasteiger partial charge in [0.15, 0.2) is 29.6 Å². The number of ether oxygens (including phenoxy) is 4. The predicted molar refractivity (Wildman–Crippen MR) is 89.8 cm³/mol. The van der Waals surface area contributed by atoms with Crippen LogP contribution in [0.25, 0.3) is 11.2 Å². The van der Waals surface area contributed by atoms with Crippen molar-refractivity contribution in [3.05, 3.63) is 23.0 Å². The Kier molecular flexibility index (Phi) is 5.40. The van der Waals surface area contributed by atoms with E-state index < -0.39 is 48.0 Å². The van der Waals surface area contributed by atoms with Gasteiger partial charge in [0.25, 0.3) is 5.56 Å². The van der Waals surface area contributed by atoms with Crippen LogP contribution in [0.1, 0.15) is 27.0 Å². The third-order valence-electron chi connectivity index (χ3n) is 3.98. The van der Waals surface area contributed by atoms with E-state index in [0.717, 1.165) is 0 Å². The van der Waals surface area contributed by atoms with Crippen LogP contribution in [0.5, 0.6) is 0 Å². The highest BCUT2D eigenvalue weighted by Gasteiger charge is 2.51. The molecule has 28 heavy (non-hydrogen) atoms. The summed E-state index contributed by atoms with van der Waals surface area (Å²) in [5.41, 5.74) is -0.223. The lowest BCUT2D eigenvalue weighted by Crippen LogP contribution is -2.40. The molecule has 2 aromatic heterocycles. The molecule has 4 atom stereocenters. The third-order valence-corrected chi connectivity index (χ3v) is 3.98.